The number of alkyl carbamates (subject to hydrolysis) is 1. The second-order valence-corrected chi connectivity index (χ2v) is 6.16. The molecule has 2 N–H and O–H groups in total. The van der Waals surface area contributed by atoms with Crippen molar-refractivity contribution in [3.63, 3.8) is 0 Å². The molecule has 136 valence electrons. The minimum Gasteiger partial charge on any atom is -0.480 e. The molecule has 0 heterocycles. The Balaban J connectivity index is 2.53. The van der Waals surface area contributed by atoms with Crippen molar-refractivity contribution in [2.45, 2.75) is 45.4 Å². The van der Waals surface area contributed by atoms with Gasteiger partial charge in [-0.15, -0.1) is 4.91 Å². The monoisotopic (exact) mass is 352 g/mol. The predicted molar refractivity (Wildman–Crippen MR) is 87.1 cm³/mol. The van der Waals surface area contributed by atoms with E-state index in [0.717, 1.165) is 0 Å². The van der Waals surface area contributed by atoms with E-state index < -0.39 is 36.1 Å². The van der Waals surface area contributed by atoms with Gasteiger partial charge in [0.1, 0.15) is 23.9 Å². The third-order valence-corrected chi connectivity index (χ3v) is 2.80. The van der Waals surface area contributed by atoms with Gasteiger partial charge in [0.25, 0.3) is 0 Å². The summed E-state index contributed by atoms with van der Waals surface area (Å²) in [7, 11) is 0. The maximum absolute atomic E-state index is 11.8. The number of carboxylic acids is 1. The van der Waals surface area contributed by atoms with E-state index in [0.29, 0.717) is 5.56 Å². The summed E-state index contributed by atoms with van der Waals surface area (Å²) in [6.45, 7) is 4.78. The lowest BCUT2D eigenvalue weighted by atomic mass is 10.2. The molecule has 0 radical (unpaired) electrons. The fraction of sp³-hybridized carbons (Fsp3) is 0.438. The van der Waals surface area contributed by atoms with Crippen LogP contribution in [0.25, 0.3) is 0 Å². The molecule has 0 unspecified atom stereocenters. The summed E-state index contributed by atoms with van der Waals surface area (Å²) in [5.41, 5.74) is 0.0474. The Morgan fingerprint density at radius 2 is 1.80 bits per heavy atom. The number of rotatable bonds is 7. The average molecular weight is 352 g/mol. The van der Waals surface area contributed by atoms with Crippen molar-refractivity contribution in [1.82, 2.24) is 5.32 Å². The highest BCUT2D eigenvalue weighted by atomic mass is 16.6. The maximum Gasteiger partial charge on any atom is 0.408 e. The first-order valence-electron chi connectivity index (χ1n) is 7.41. The Morgan fingerprint density at radius 1 is 1.20 bits per heavy atom. The fourth-order valence-corrected chi connectivity index (χ4v) is 1.69. The molecule has 0 aliphatic carbocycles. The Labute approximate surface area is 144 Å². The Bertz CT molecular complexity index is 635. The zero-order chi connectivity index (χ0) is 19.0. The highest BCUT2D eigenvalue weighted by molar-refractivity contribution is 5.85. The van der Waals surface area contributed by atoms with Crippen LogP contribution in [0.2, 0.25) is 0 Å². The van der Waals surface area contributed by atoms with Gasteiger partial charge in [0.2, 0.25) is 0 Å². The standard InChI is InChI=1S/C16H20N2O7/c1-16(2,3)25-15(22)17-12(14(20)21)8-13(19)24-9-10-4-6-11(18-23)7-5-10/h4-7,12H,8-9H2,1-3H3,(H,17,22)(H,20,21)/t12-/m0/s1. The summed E-state index contributed by atoms with van der Waals surface area (Å²) in [4.78, 5) is 44.9. The average Bonchev–Trinajstić information content (AvgIpc) is 2.51. The number of ether oxygens (including phenoxy) is 2. The largest absolute Gasteiger partial charge is 0.480 e. The van der Waals surface area contributed by atoms with Gasteiger partial charge in [0.15, 0.2) is 0 Å². The minimum atomic E-state index is -1.47. The smallest absolute Gasteiger partial charge is 0.408 e. The molecule has 9 nitrogen and oxygen atoms in total. The lowest BCUT2D eigenvalue weighted by Crippen LogP contribution is -2.44. The van der Waals surface area contributed by atoms with E-state index in [9.17, 15) is 19.3 Å². The van der Waals surface area contributed by atoms with Crippen LogP contribution in [-0.2, 0) is 25.7 Å². The van der Waals surface area contributed by atoms with Gasteiger partial charge in [0.05, 0.1) is 6.42 Å². The van der Waals surface area contributed by atoms with E-state index in [1.807, 2.05) is 0 Å². The number of carbonyl (C=O) groups excluding carboxylic acids is 2. The lowest BCUT2D eigenvalue weighted by Gasteiger charge is -2.21. The van der Waals surface area contributed by atoms with E-state index in [2.05, 4.69) is 10.5 Å². The molecule has 0 fully saturated rings. The summed E-state index contributed by atoms with van der Waals surface area (Å²) in [5.74, 6) is -2.19. The molecular formula is C16H20N2O7. The van der Waals surface area contributed by atoms with Crippen molar-refractivity contribution < 1.29 is 29.0 Å². The first-order valence-corrected chi connectivity index (χ1v) is 7.41. The summed E-state index contributed by atoms with van der Waals surface area (Å²) in [6, 6.07) is 4.56. The van der Waals surface area contributed by atoms with Crippen LogP contribution < -0.4 is 5.32 Å². The van der Waals surface area contributed by atoms with Crippen molar-refractivity contribution in [3.8, 4) is 0 Å². The molecule has 9 heteroatoms. The number of hydrogen-bond acceptors (Lipinski definition) is 7. The van der Waals surface area contributed by atoms with Gasteiger partial charge in [-0.05, 0) is 43.6 Å². The molecule has 1 amide bonds. The summed E-state index contributed by atoms with van der Waals surface area (Å²) >= 11 is 0. The summed E-state index contributed by atoms with van der Waals surface area (Å²) in [6.07, 6.45) is -1.49. The molecular weight excluding hydrogens is 332 g/mol. The van der Waals surface area contributed by atoms with Gasteiger partial charge >= 0.3 is 18.0 Å². The molecule has 25 heavy (non-hydrogen) atoms. The van der Waals surface area contributed by atoms with Crippen LogP contribution in [0, 0.1) is 4.91 Å². The van der Waals surface area contributed by atoms with Crippen molar-refractivity contribution in [1.29, 1.82) is 0 Å². The Morgan fingerprint density at radius 3 is 2.28 bits per heavy atom. The van der Waals surface area contributed by atoms with Crippen molar-refractivity contribution in [2.24, 2.45) is 5.18 Å². The zero-order valence-corrected chi connectivity index (χ0v) is 14.1. The molecule has 0 saturated carbocycles. The van der Waals surface area contributed by atoms with Crippen molar-refractivity contribution in [3.05, 3.63) is 34.7 Å². The first kappa shape index (κ1) is 20.1. The normalized spacial score (nSPS) is 12.0. The lowest BCUT2D eigenvalue weighted by molar-refractivity contribution is -0.150. The number of carboxylic acid groups (broad SMARTS) is 1. The van der Waals surface area contributed by atoms with Gasteiger partial charge in [-0.3, -0.25) is 4.79 Å². The minimum absolute atomic E-state index is 0.100. The number of nitroso groups, excluding NO2 is 1. The third kappa shape index (κ3) is 7.91. The van der Waals surface area contributed by atoms with Gasteiger partial charge in [-0.1, -0.05) is 12.1 Å². The Kier molecular flexibility index (Phi) is 7.04. The molecule has 1 aromatic carbocycles. The van der Waals surface area contributed by atoms with Gasteiger partial charge in [0, 0.05) is 0 Å². The third-order valence-electron chi connectivity index (χ3n) is 2.80. The number of nitrogens with zero attached hydrogens (tertiary/aromatic N) is 1. The second-order valence-electron chi connectivity index (χ2n) is 6.16. The highest BCUT2D eigenvalue weighted by Gasteiger charge is 2.26. The molecule has 0 saturated heterocycles. The number of amides is 1. The first-order chi connectivity index (χ1) is 11.6. The van der Waals surface area contributed by atoms with E-state index in [-0.39, 0.29) is 12.3 Å². The van der Waals surface area contributed by atoms with E-state index >= 15 is 0 Å². The van der Waals surface area contributed by atoms with Crippen LogP contribution >= 0.6 is 0 Å². The number of hydrogen-bond donors (Lipinski definition) is 2. The SMILES string of the molecule is CC(C)(C)OC(=O)N[C@@H](CC(=O)OCc1ccc(N=O)cc1)C(=O)O. The molecule has 0 bridgehead atoms. The number of carbonyl (C=O) groups is 3. The van der Waals surface area contributed by atoms with E-state index in [4.69, 9.17) is 14.6 Å². The van der Waals surface area contributed by atoms with Crippen molar-refractivity contribution >= 4 is 23.7 Å². The molecule has 0 spiro atoms. The van der Waals surface area contributed by atoms with Crippen LogP contribution in [-0.4, -0.2) is 34.8 Å². The van der Waals surface area contributed by atoms with Crippen LogP contribution in [0.5, 0.6) is 0 Å². The number of esters is 1. The quantitative estimate of drug-likeness (QED) is 0.569. The van der Waals surface area contributed by atoms with E-state index in [1.165, 1.54) is 12.1 Å². The summed E-state index contributed by atoms with van der Waals surface area (Å²) < 4.78 is 9.91. The zero-order valence-electron chi connectivity index (χ0n) is 14.1. The number of benzene rings is 1. The molecule has 0 aliphatic rings. The fourth-order valence-electron chi connectivity index (χ4n) is 1.69. The van der Waals surface area contributed by atoms with Gasteiger partial charge in [-0.25, -0.2) is 9.59 Å². The topological polar surface area (TPSA) is 131 Å². The summed E-state index contributed by atoms with van der Waals surface area (Å²) in [5, 5.41) is 13.9. The van der Waals surface area contributed by atoms with E-state index in [1.54, 1.807) is 32.9 Å². The maximum atomic E-state index is 11.8. The van der Waals surface area contributed by atoms with Crippen LogP contribution in [0.15, 0.2) is 29.4 Å². The molecule has 1 aromatic rings. The molecule has 1 atom stereocenters. The van der Waals surface area contributed by atoms with Gasteiger partial charge in [-0.2, -0.15) is 0 Å². The van der Waals surface area contributed by atoms with Crippen molar-refractivity contribution in [2.75, 3.05) is 0 Å². The second kappa shape index (κ2) is 8.76. The molecule has 0 aromatic heterocycles. The van der Waals surface area contributed by atoms with Gasteiger partial charge < -0.3 is 19.9 Å². The Hall–Kier alpha value is -2.97. The highest BCUT2D eigenvalue weighted by Crippen LogP contribution is 2.13. The van der Waals surface area contributed by atoms with Crippen LogP contribution in [0.4, 0.5) is 10.5 Å². The number of nitrogens with one attached hydrogen (secondary N) is 1. The number of aliphatic carboxylic acids is 1. The van der Waals surface area contributed by atoms with Crippen LogP contribution in [0.3, 0.4) is 0 Å². The molecule has 1 rings (SSSR count). The molecule has 0 aliphatic heterocycles. The van der Waals surface area contributed by atoms with Crippen LogP contribution in [0.1, 0.15) is 32.8 Å². The predicted octanol–water partition coefficient (Wildman–Crippen LogP) is 2.50.